The first-order valence-corrected chi connectivity index (χ1v) is 7.25. The van der Waals surface area contributed by atoms with Crippen molar-refractivity contribution in [3.63, 3.8) is 0 Å². The highest BCUT2D eigenvalue weighted by Gasteiger charge is 2.69. The largest absolute Gasteiger partial charge is 0.390 e. The molecule has 3 saturated carbocycles. The molecule has 3 aliphatic carbocycles. The molecule has 0 amide bonds. The van der Waals surface area contributed by atoms with E-state index in [0.29, 0.717) is 35.5 Å². The molecule has 0 heterocycles. The Labute approximate surface area is 104 Å². The predicted molar refractivity (Wildman–Crippen MR) is 67.3 cm³/mol. The molecule has 8 atom stereocenters. The van der Waals surface area contributed by atoms with Gasteiger partial charge in [0.1, 0.15) is 0 Å². The van der Waals surface area contributed by atoms with Gasteiger partial charge in [-0.3, -0.25) is 0 Å². The van der Waals surface area contributed by atoms with Gasteiger partial charge in [-0.1, -0.05) is 27.7 Å². The summed E-state index contributed by atoms with van der Waals surface area (Å²) >= 11 is 0. The molecule has 2 nitrogen and oxygen atoms in total. The van der Waals surface area contributed by atoms with E-state index in [2.05, 4.69) is 27.7 Å². The van der Waals surface area contributed by atoms with Crippen molar-refractivity contribution < 1.29 is 10.2 Å². The van der Waals surface area contributed by atoms with Crippen molar-refractivity contribution in [2.75, 3.05) is 0 Å². The van der Waals surface area contributed by atoms with Gasteiger partial charge in [-0.25, -0.2) is 0 Å². The van der Waals surface area contributed by atoms with Crippen LogP contribution in [0.1, 0.15) is 40.5 Å². The quantitative estimate of drug-likeness (QED) is 0.736. The molecular formula is C15H26O2. The Kier molecular flexibility index (Phi) is 2.45. The van der Waals surface area contributed by atoms with Gasteiger partial charge in [-0.15, -0.1) is 0 Å². The second-order valence-corrected chi connectivity index (χ2v) is 7.40. The molecule has 0 radical (unpaired) electrons. The molecule has 2 heteroatoms. The highest BCUT2D eigenvalue weighted by molar-refractivity contribution is 5.18. The first kappa shape index (κ1) is 12.0. The molecular weight excluding hydrogens is 212 g/mol. The summed E-state index contributed by atoms with van der Waals surface area (Å²) in [4.78, 5) is 0. The fourth-order valence-corrected chi connectivity index (χ4v) is 5.73. The molecule has 0 aromatic heterocycles. The molecule has 8 unspecified atom stereocenters. The maximum Gasteiger partial charge on any atom is 0.0838 e. The number of aliphatic hydroxyl groups excluding tert-OH is 2. The molecule has 3 aliphatic rings. The second-order valence-electron chi connectivity index (χ2n) is 7.40. The van der Waals surface area contributed by atoms with E-state index in [1.165, 1.54) is 12.8 Å². The van der Waals surface area contributed by atoms with Gasteiger partial charge in [0.05, 0.1) is 12.2 Å². The Hall–Kier alpha value is -0.0800. The van der Waals surface area contributed by atoms with Gasteiger partial charge in [-0.2, -0.15) is 0 Å². The van der Waals surface area contributed by atoms with E-state index in [0.717, 1.165) is 0 Å². The van der Waals surface area contributed by atoms with Crippen LogP contribution in [0.2, 0.25) is 0 Å². The zero-order valence-corrected chi connectivity index (χ0v) is 11.4. The maximum atomic E-state index is 10.3. The van der Waals surface area contributed by atoms with Gasteiger partial charge in [0.15, 0.2) is 0 Å². The lowest BCUT2D eigenvalue weighted by atomic mass is 9.59. The van der Waals surface area contributed by atoms with Crippen LogP contribution in [0.5, 0.6) is 0 Å². The third kappa shape index (κ3) is 1.24. The Balaban J connectivity index is 2.03. The van der Waals surface area contributed by atoms with Crippen molar-refractivity contribution in [3.05, 3.63) is 0 Å². The summed E-state index contributed by atoms with van der Waals surface area (Å²) in [7, 11) is 0. The summed E-state index contributed by atoms with van der Waals surface area (Å²) in [6, 6.07) is 0. The molecule has 3 rings (SSSR count). The van der Waals surface area contributed by atoms with Gasteiger partial charge >= 0.3 is 0 Å². The van der Waals surface area contributed by atoms with E-state index >= 15 is 0 Å². The summed E-state index contributed by atoms with van der Waals surface area (Å²) in [6.45, 7) is 9.25. The van der Waals surface area contributed by atoms with Gasteiger partial charge in [0, 0.05) is 0 Å². The van der Waals surface area contributed by atoms with Crippen molar-refractivity contribution >= 4 is 0 Å². The molecule has 0 spiro atoms. The minimum absolute atomic E-state index is 0.277. The van der Waals surface area contributed by atoms with Crippen LogP contribution in [0, 0.1) is 40.9 Å². The van der Waals surface area contributed by atoms with Crippen LogP contribution in [0.4, 0.5) is 0 Å². The van der Waals surface area contributed by atoms with E-state index in [1.807, 2.05) is 0 Å². The van der Waals surface area contributed by atoms with Crippen molar-refractivity contribution in [2.45, 2.75) is 52.7 Å². The van der Waals surface area contributed by atoms with E-state index in [-0.39, 0.29) is 5.41 Å². The fourth-order valence-electron chi connectivity index (χ4n) is 5.73. The zero-order valence-electron chi connectivity index (χ0n) is 11.4. The van der Waals surface area contributed by atoms with Gasteiger partial charge in [-0.05, 0) is 53.8 Å². The monoisotopic (exact) mass is 238 g/mol. The molecule has 2 N–H and O–H groups in total. The molecule has 0 aromatic carbocycles. The van der Waals surface area contributed by atoms with E-state index in [9.17, 15) is 10.2 Å². The van der Waals surface area contributed by atoms with Gasteiger partial charge in [0.25, 0.3) is 0 Å². The van der Waals surface area contributed by atoms with E-state index in [4.69, 9.17) is 0 Å². The summed E-state index contributed by atoms with van der Waals surface area (Å²) in [5, 5.41) is 20.6. The average molecular weight is 238 g/mol. The Morgan fingerprint density at radius 3 is 2.35 bits per heavy atom. The van der Waals surface area contributed by atoms with Gasteiger partial charge < -0.3 is 10.2 Å². The molecule has 0 aliphatic heterocycles. The number of aliphatic hydroxyl groups is 2. The van der Waals surface area contributed by atoms with Crippen LogP contribution < -0.4 is 0 Å². The minimum Gasteiger partial charge on any atom is -0.390 e. The Morgan fingerprint density at radius 1 is 1.12 bits per heavy atom. The summed E-state index contributed by atoms with van der Waals surface area (Å²) in [5.41, 5.74) is 0.277. The minimum atomic E-state index is -0.465. The first-order chi connectivity index (χ1) is 7.89. The molecule has 0 aromatic rings. The van der Waals surface area contributed by atoms with Crippen LogP contribution in [0.3, 0.4) is 0 Å². The molecule has 98 valence electrons. The van der Waals surface area contributed by atoms with Crippen LogP contribution in [0.25, 0.3) is 0 Å². The molecule has 0 saturated heterocycles. The maximum absolute atomic E-state index is 10.3. The smallest absolute Gasteiger partial charge is 0.0838 e. The molecule has 4 bridgehead atoms. The zero-order chi connectivity index (χ0) is 12.5. The summed E-state index contributed by atoms with van der Waals surface area (Å²) in [6.07, 6.45) is 1.59. The number of rotatable bonds is 1. The van der Waals surface area contributed by atoms with Crippen molar-refractivity contribution in [1.82, 2.24) is 0 Å². The average Bonchev–Trinajstić information content (AvgIpc) is 2.58. The van der Waals surface area contributed by atoms with E-state index in [1.54, 1.807) is 0 Å². The third-order valence-electron chi connectivity index (χ3n) is 6.72. The molecule has 3 fully saturated rings. The van der Waals surface area contributed by atoms with Crippen molar-refractivity contribution in [3.8, 4) is 0 Å². The highest BCUT2D eigenvalue weighted by atomic mass is 16.3. The van der Waals surface area contributed by atoms with Crippen LogP contribution in [-0.4, -0.2) is 22.4 Å². The highest BCUT2D eigenvalue weighted by Crippen LogP contribution is 2.70. The fraction of sp³-hybridized carbons (Fsp3) is 1.00. The van der Waals surface area contributed by atoms with Crippen molar-refractivity contribution in [1.29, 1.82) is 0 Å². The predicted octanol–water partition coefficient (Wildman–Crippen LogP) is 2.29. The Morgan fingerprint density at radius 2 is 1.76 bits per heavy atom. The second kappa shape index (κ2) is 3.48. The van der Waals surface area contributed by atoms with Gasteiger partial charge in [0.2, 0.25) is 0 Å². The number of hydrogen-bond acceptors (Lipinski definition) is 2. The Bertz CT molecular complexity index is 327. The standard InChI is InChI=1S/C15H26O2/c1-7(2)9-5-6-15(4)8(3)10-11(9)12(15)14(17)13(10)16/h7-14,16-17H,5-6H2,1-4H3. The third-order valence-corrected chi connectivity index (χ3v) is 6.72. The lowest BCUT2D eigenvalue weighted by Gasteiger charge is -2.47. The van der Waals surface area contributed by atoms with Crippen LogP contribution >= 0.6 is 0 Å². The lowest BCUT2D eigenvalue weighted by molar-refractivity contribution is -0.0941. The molecule has 17 heavy (non-hydrogen) atoms. The number of hydrogen-bond donors (Lipinski definition) is 2. The first-order valence-electron chi connectivity index (χ1n) is 7.25. The van der Waals surface area contributed by atoms with Crippen molar-refractivity contribution in [2.24, 2.45) is 40.9 Å². The van der Waals surface area contributed by atoms with Crippen LogP contribution in [-0.2, 0) is 0 Å². The van der Waals surface area contributed by atoms with E-state index < -0.39 is 12.2 Å². The lowest BCUT2D eigenvalue weighted by Crippen LogP contribution is -2.48. The topological polar surface area (TPSA) is 40.5 Å². The summed E-state index contributed by atoms with van der Waals surface area (Å²) < 4.78 is 0. The summed E-state index contributed by atoms with van der Waals surface area (Å²) in [5.74, 6) is 3.20. The SMILES string of the molecule is CC(C)C1CCC2(C)C(C)C3C(O)C(O)C2C13. The normalized spacial score (nSPS) is 61.2. The van der Waals surface area contributed by atoms with Crippen LogP contribution in [0.15, 0.2) is 0 Å².